The average Bonchev–Trinajstić information content (AvgIpc) is 2.61. The van der Waals surface area contributed by atoms with Crippen molar-refractivity contribution in [1.82, 2.24) is 0 Å². The number of aliphatic imine (C=N–C) groups is 2. The Morgan fingerprint density at radius 2 is 1.05 bits per heavy atom. The molecule has 22 heavy (non-hydrogen) atoms. The third-order valence-corrected chi connectivity index (χ3v) is 4.12. The van der Waals surface area contributed by atoms with E-state index in [1.807, 2.05) is 48.8 Å². The van der Waals surface area contributed by atoms with Gasteiger partial charge in [-0.2, -0.15) is 0 Å². The molecule has 0 saturated heterocycles. The number of rotatable bonds is 4. The lowest BCUT2D eigenvalue weighted by molar-refractivity contribution is 0.390. The maximum atomic E-state index is 4.81. The molecule has 1 fully saturated rings. The molecule has 2 aromatic rings. The molecule has 0 bridgehead atoms. The quantitative estimate of drug-likeness (QED) is 0.739. The van der Waals surface area contributed by atoms with Crippen molar-refractivity contribution >= 4 is 12.4 Å². The van der Waals surface area contributed by atoms with Crippen LogP contribution in [0.3, 0.4) is 0 Å². The SMILES string of the molecule is C(=N[C@H]1CCCC[C@H]1N=Cc1ccccc1)c1ccccc1. The summed E-state index contributed by atoms with van der Waals surface area (Å²) in [5.41, 5.74) is 2.33. The fourth-order valence-electron chi connectivity index (χ4n) is 2.88. The van der Waals surface area contributed by atoms with Crippen LogP contribution in [0.4, 0.5) is 0 Å². The van der Waals surface area contributed by atoms with Gasteiger partial charge in [0.15, 0.2) is 0 Å². The van der Waals surface area contributed by atoms with Crippen molar-refractivity contribution in [3.05, 3.63) is 71.8 Å². The Balaban J connectivity index is 1.69. The minimum atomic E-state index is 0.314. The second kappa shape index (κ2) is 7.69. The molecule has 0 N–H and O–H groups in total. The molecule has 0 aromatic heterocycles. The summed E-state index contributed by atoms with van der Waals surface area (Å²) >= 11 is 0. The van der Waals surface area contributed by atoms with E-state index in [9.17, 15) is 0 Å². The van der Waals surface area contributed by atoms with Crippen LogP contribution in [0.15, 0.2) is 70.6 Å². The van der Waals surface area contributed by atoms with E-state index in [-0.39, 0.29) is 0 Å². The van der Waals surface area contributed by atoms with Crippen molar-refractivity contribution in [3.63, 3.8) is 0 Å². The first-order valence-electron chi connectivity index (χ1n) is 8.08. The van der Waals surface area contributed by atoms with Crippen LogP contribution < -0.4 is 0 Å². The molecule has 0 radical (unpaired) electrons. The second-order valence-corrected chi connectivity index (χ2v) is 5.80. The van der Waals surface area contributed by atoms with E-state index in [1.54, 1.807) is 0 Å². The van der Waals surface area contributed by atoms with Crippen LogP contribution in [0.2, 0.25) is 0 Å². The van der Waals surface area contributed by atoms with Crippen molar-refractivity contribution in [2.24, 2.45) is 9.98 Å². The van der Waals surface area contributed by atoms with Crippen molar-refractivity contribution < 1.29 is 0 Å². The molecule has 2 aromatic carbocycles. The molecule has 1 aliphatic carbocycles. The molecule has 2 heteroatoms. The summed E-state index contributed by atoms with van der Waals surface area (Å²) < 4.78 is 0. The molecule has 112 valence electrons. The minimum absolute atomic E-state index is 0.314. The van der Waals surface area contributed by atoms with Gasteiger partial charge in [-0.25, -0.2) is 0 Å². The summed E-state index contributed by atoms with van der Waals surface area (Å²) in [6.07, 6.45) is 8.80. The lowest BCUT2D eigenvalue weighted by Crippen LogP contribution is -2.27. The molecule has 0 unspecified atom stereocenters. The fourth-order valence-corrected chi connectivity index (χ4v) is 2.88. The molecule has 0 amide bonds. The number of nitrogens with zero attached hydrogens (tertiary/aromatic N) is 2. The molecule has 0 heterocycles. The lowest BCUT2D eigenvalue weighted by atomic mass is 9.91. The predicted octanol–water partition coefficient (Wildman–Crippen LogP) is 4.54. The molecule has 2 atom stereocenters. The van der Waals surface area contributed by atoms with Crippen molar-refractivity contribution in [3.8, 4) is 0 Å². The van der Waals surface area contributed by atoms with Gasteiger partial charge < -0.3 is 0 Å². The van der Waals surface area contributed by atoms with E-state index in [1.165, 1.54) is 24.0 Å². The Labute approximate surface area is 132 Å². The van der Waals surface area contributed by atoms with Crippen LogP contribution in [0, 0.1) is 0 Å². The van der Waals surface area contributed by atoms with Gasteiger partial charge in [0.1, 0.15) is 0 Å². The van der Waals surface area contributed by atoms with E-state index in [0.29, 0.717) is 12.1 Å². The summed E-state index contributed by atoms with van der Waals surface area (Å²) in [5.74, 6) is 0. The molecule has 1 aliphatic rings. The van der Waals surface area contributed by atoms with E-state index in [4.69, 9.17) is 9.98 Å². The van der Waals surface area contributed by atoms with Gasteiger partial charge in [0.2, 0.25) is 0 Å². The molecule has 0 spiro atoms. The predicted molar refractivity (Wildman–Crippen MR) is 94.1 cm³/mol. The van der Waals surface area contributed by atoms with E-state index in [2.05, 4.69) is 24.3 Å². The highest BCUT2D eigenvalue weighted by Crippen LogP contribution is 2.24. The summed E-state index contributed by atoms with van der Waals surface area (Å²) in [5, 5.41) is 0. The van der Waals surface area contributed by atoms with Gasteiger partial charge in [0.25, 0.3) is 0 Å². The minimum Gasteiger partial charge on any atom is -0.287 e. The number of hydrogen-bond acceptors (Lipinski definition) is 2. The fraction of sp³-hybridized carbons (Fsp3) is 0.300. The van der Waals surface area contributed by atoms with Crippen LogP contribution in [0.5, 0.6) is 0 Å². The second-order valence-electron chi connectivity index (χ2n) is 5.80. The zero-order chi connectivity index (χ0) is 15.0. The summed E-state index contributed by atoms with van der Waals surface area (Å²) in [6, 6.07) is 21.3. The van der Waals surface area contributed by atoms with Crippen LogP contribution in [-0.2, 0) is 0 Å². The zero-order valence-electron chi connectivity index (χ0n) is 12.8. The maximum Gasteiger partial charge on any atom is 0.0723 e. The maximum absolute atomic E-state index is 4.81. The van der Waals surface area contributed by atoms with Gasteiger partial charge in [-0.15, -0.1) is 0 Å². The first kappa shape index (κ1) is 14.7. The monoisotopic (exact) mass is 290 g/mol. The van der Waals surface area contributed by atoms with Crippen LogP contribution in [0.25, 0.3) is 0 Å². The Morgan fingerprint density at radius 3 is 1.45 bits per heavy atom. The van der Waals surface area contributed by atoms with Gasteiger partial charge in [0, 0.05) is 12.4 Å². The molecule has 2 nitrogen and oxygen atoms in total. The zero-order valence-corrected chi connectivity index (χ0v) is 12.8. The Kier molecular flexibility index (Phi) is 5.14. The van der Waals surface area contributed by atoms with E-state index < -0.39 is 0 Å². The molecule has 1 saturated carbocycles. The number of benzene rings is 2. The summed E-state index contributed by atoms with van der Waals surface area (Å²) in [6.45, 7) is 0. The largest absolute Gasteiger partial charge is 0.287 e. The third kappa shape index (κ3) is 4.14. The summed E-state index contributed by atoms with van der Waals surface area (Å²) in [4.78, 5) is 9.62. The normalized spacial score (nSPS) is 22.4. The van der Waals surface area contributed by atoms with Crippen molar-refractivity contribution in [2.75, 3.05) is 0 Å². The van der Waals surface area contributed by atoms with E-state index in [0.717, 1.165) is 12.8 Å². The number of hydrogen-bond donors (Lipinski definition) is 0. The summed E-state index contributed by atoms with van der Waals surface area (Å²) in [7, 11) is 0. The molecule has 0 aliphatic heterocycles. The van der Waals surface area contributed by atoms with Crippen LogP contribution in [-0.4, -0.2) is 24.5 Å². The lowest BCUT2D eigenvalue weighted by Gasteiger charge is -2.25. The molecular weight excluding hydrogens is 268 g/mol. The van der Waals surface area contributed by atoms with Crippen molar-refractivity contribution in [1.29, 1.82) is 0 Å². The van der Waals surface area contributed by atoms with Gasteiger partial charge in [-0.1, -0.05) is 73.5 Å². The average molecular weight is 290 g/mol. The highest BCUT2D eigenvalue weighted by molar-refractivity contribution is 5.80. The van der Waals surface area contributed by atoms with Gasteiger partial charge >= 0.3 is 0 Å². The van der Waals surface area contributed by atoms with Gasteiger partial charge in [-0.3, -0.25) is 9.98 Å². The Morgan fingerprint density at radius 1 is 0.636 bits per heavy atom. The smallest absolute Gasteiger partial charge is 0.0723 e. The molecule has 3 rings (SSSR count). The van der Waals surface area contributed by atoms with Crippen LogP contribution in [0.1, 0.15) is 36.8 Å². The molecular formula is C20H22N2. The van der Waals surface area contributed by atoms with Gasteiger partial charge in [0.05, 0.1) is 12.1 Å². The van der Waals surface area contributed by atoms with Gasteiger partial charge in [-0.05, 0) is 24.0 Å². The third-order valence-electron chi connectivity index (χ3n) is 4.12. The first-order chi connectivity index (χ1) is 10.9. The van der Waals surface area contributed by atoms with E-state index >= 15 is 0 Å². The Hall–Kier alpha value is -2.22. The van der Waals surface area contributed by atoms with Crippen LogP contribution >= 0.6 is 0 Å². The first-order valence-corrected chi connectivity index (χ1v) is 8.08. The topological polar surface area (TPSA) is 24.7 Å². The highest BCUT2D eigenvalue weighted by Gasteiger charge is 2.22. The van der Waals surface area contributed by atoms with Crippen molar-refractivity contribution in [2.45, 2.75) is 37.8 Å². The highest BCUT2D eigenvalue weighted by atomic mass is 14.9. The standard InChI is InChI=1S/C20H22N2/c1-3-9-17(10-4-1)15-21-19-13-7-8-14-20(19)22-16-18-11-5-2-6-12-18/h1-6,9-12,15-16,19-20H,7-8,13-14H2/t19-,20+. The Bertz CT molecular complexity index is 559.